The number of hydrogen-bond acceptors (Lipinski definition) is 3. The number of hydrogen-bond donors (Lipinski definition) is 1. The van der Waals surface area contributed by atoms with Crippen LogP contribution in [0, 0.1) is 11.3 Å². The van der Waals surface area contributed by atoms with E-state index in [9.17, 15) is 4.79 Å². The van der Waals surface area contributed by atoms with Crippen molar-refractivity contribution in [2.45, 2.75) is 38.6 Å². The van der Waals surface area contributed by atoms with Gasteiger partial charge >= 0.3 is 0 Å². The first-order valence-electron chi connectivity index (χ1n) is 8.89. The number of ether oxygens (including phenoxy) is 1. The first-order valence-corrected chi connectivity index (χ1v) is 8.89. The molecule has 2 fully saturated rings. The number of fused-ring (bicyclic) bond motifs is 1. The molecule has 1 spiro atoms. The first kappa shape index (κ1) is 15.0. The van der Waals surface area contributed by atoms with E-state index in [4.69, 9.17) is 4.74 Å². The quantitative estimate of drug-likeness (QED) is 0.931. The Labute approximate surface area is 138 Å². The van der Waals surface area contributed by atoms with Crippen molar-refractivity contribution in [1.29, 1.82) is 0 Å². The summed E-state index contributed by atoms with van der Waals surface area (Å²) in [5, 5.41) is 2.88. The topological polar surface area (TPSA) is 41.6 Å². The second kappa shape index (κ2) is 5.82. The van der Waals surface area contributed by atoms with Crippen LogP contribution in [0.5, 0.6) is 5.75 Å². The number of likely N-dealkylation sites (tertiary alicyclic amines) is 1. The molecule has 1 amide bonds. The minimum atomic E-state index is 0.214. The van der Waals surface area contributed by atoms with Gasteiger partial charge in [-0.25, -0.2) is 0 Å². The maximum absolute atomic E-state index is 12.2. The van der Waals surface area contributed by atoms with Gasteiger partial charge in [-0.05, 0) is 48.4 Å². The van der Waals surface area contributed by atoms with Crippen LogP contribution in [0.15, 0.2) is 18.2 Å². The molecule has 0 radical (unpaired) electrons. The van der Waals surface area contributed by atoms with E-state index < -0.39 is 0 Å². The van der Waals surface area contributed by atoms with Crippen LogP contribution in [0.25, 0.3) is 0 Å². The lowest BCUT2D eigenvalue weighted by molar-refractivity contribution is -0.127. The molecule has 23 heavy (non-hydrogen) atoms. The molecule has 0 unspecified atom stereocenters. The van der Waals surface area contributed by atoms with E-state index in [0.717, 1.165) is 44.8 Å². The highest BCUT2D eigenvalue weighted by atomic mass is 16.5. The summed E-state index contributed by atoms with van der Waals surface area (Å²) in [6, 6.07) is 6.62. The Morgan fingerprint density at radius 1 is 1.43 bits per heavy atom. The highest BCUT2D eigenvalue weighted by Crippen LogP contribution is 2.50. The Morgan fingerprint density at radius 3 is 3.22 bits per heavy atom. The molecule has 1 saturated carbocycles. The monoisotopic (exact) mass is 314 g/mol. The van der Waals surface area contributed by atoms with Gasteiger partial charge in [0.1, 0.15) is 5.75 Å². The molecule has 2 atom stereocenters. The number of rotatable bonds is 3. The lowest BCUT2D eigenvalue weighted by atomic mass is 9.76. The minimum absolute atomic E-state index is 0.214. The number of nitrogens with zero attached hydrogens (tertiary/aromatic N) is 1. The van der Waals surface area contributed by atoms with Crippen LogP contribution in [0.3, 0.4) is 0 Å². The predicted octanol–water partition coefficient (Wildman–Crippen LogP) is 2.36. The first-order chi connectivity index (χ1) is 11.2. The molecule has 1 aliphatic carbocycles. The predicted molar refractivity (Wildman–Crippen MR) is 89.4 cm³/mol. The van der Waals surface area contributed by atoms with Crippen molar-refractivity contribution in [3.05, 3.63) is 29.3 Å². The number of amides is 1. The normalized spacial score (nSPS) is 29.7. The van der Waals surface area contributed by atoms with E-state index in [2.05, 4.69) is 28.4 Å². The second-order valence-electron chi connectivity index (χ2n) is 7.42. The van der Waals surface area contributed by atoms with Crippen LogP contribution < -0.4 is 10.1 Å². The van der Waals surface area contributed by atoms with E-state index in [1.807, 2.05) is 0 Å². The average Bonchev–Trinajstić information content (AvgIpc) is 3.27. The molecule has 4 heteroatoms. The molecular formula is C19H26N2O2. The van der Waals surface area contributed by atoms with E-state index in [1.54, 1.807) is 7.05 Å². The number of carbonyl (C=O) groups is 1. The zero-order valence-corrected chi connectivity index (χ0v) is 13.9. The second-order valence-corrected chi connectivity index (χ2v) is 7.42. The van der Waals surface area contributed by atoms with E-state index in [-0.39, 0.29) is 17.2 Å². The lowest BCUT2D eigenvalue weighted by Gasteiger charge is -2.30. The fraction of sp³-hybridized carbons (Fsp3) is 0.632. The van der Waals surface area contributed by atoms with Crippen molar-refractivity contribution in [3.8, 4) is 5.75 Å². The zero-order chi connectivity index (χ0) is 15.9. The van der Waals surface area contributed by atoms with Gasteiger partial charge in [0.15, 0.2) is 0 Å². The molecule has 3 aliphatic rings. The van der Waals surface area contributed by atoms with Crippen LogP contribution in [-0.2, 0) is 17.8 Å². The molecule has 2 heterocycles. The summed E-state index contributed by atoms with van der Waals surface area (Å²) in [6.07, 6.45) is 5.66. The summed E-state index contributed by atoms with van der Waals surface area (Å²) < 4.78 is 5.59. The molecule has 2 aliphatic heterocycles. The van der Waals surface area contributed by atoms with Gasteiger partial charge in [-0.3, -0.25) is 9.69 Å². The van der Waals surface area contributed by atoms with Crippen molar-refractivity contribution in [2.24, 2.45) is 11.3 Å². The van der Waals surface area contributed by atoms with Crippen LogP contribution in [0.4, 0.5) is 0 Å². The fourth-order valence-electron chi connectivity index (χ4n) is 4.93. The van der Waals surface area contributed by atoms with Crippen LogP contribution in [0.2, 0.25) is 0 Å². The lowest BCUT2D eigenvalue weighted by Crippen LogP contribution is -2.39. The number of nitrogens with one attached hydrogen (secondary N) is 1. The summed E-state index contributed by atoms with van der Waals surface area (Å²) in [6.45, 7) is 3.99. The summed E-state index contributed by atoms with van der Waals surface area (Å²) >= 11 is 0. The number of benzene rings is 1. The SMILES string of the molecule is CNC(=O)[C@@H]1CCC[C@]12CCN(Cc1ccc3c(c1)CCO3)C2. The van der Waals surface area contributed by atoms with Crippen LogP contribution in [-0.4, -0.2) is 37.6 Å². The summed E-state index contributed by atoms with van der Waals surface area (Å²) in [5.74, 6) is 1.52. The van der Waals surface area contributed by atoms with E-state index in [1.165, 1.54) is 30.4 Å². The van der Waals surface area contributed by atoms with Gasteiger partial charge in [0.25, 0.3) is 0 Å². The Morgan fingerprint density at radius 2 is 2.35 bits per heavy atom. The Bertz CT molecular complexity index is 615. The molecule has 4 nitrogen and oxygen atoms in total. The zero-order valence-electron chi connectivity index (χ0n) is 13.9. The minimum Gasteiger partial charge on any atom is -0.493 e. The highest BCUT2D eigenvalue weighted by Gasteiger charge is 2.49. The molecule has 1 saturated heterocycles. The third-order valence-electron chi connectivity index (χ3n) is 6.09. The van der Waals surface area contributed by atoms with E-state index >= 15 is 0 Å². The van der Waals surface area contributed by atoms with Gasteiger partial charge in [0, 0.05) is 32.5 Å². The standard InChI is InChI=1S/C19H26N2O2/c1-20-18(22)16-3-2-7-19(16)8-9-21(13-19)12-14-4-5-17-15(11-14)6-10-23-17/h4-5,11,16H,2-3,6-10,12-13H2,1H3,(H,20,22)/t16-,19+/m0/s1. The van der Waals surface area contributed by atoms with Crippen molar-refractivity contribution in [1.82, 2.24) is 10.2 Å². The molecule has 124 valence electrons. The van der Waals surface area contributed by atoms with Crippen molar-refractivity contribution in [3.63, 3.8) is 0 Å². The molecule has 4 rings (SSSR count). The maximum Gasteiger partial charge on any atom is 0.223 e. The molecule has 1 aromatic carbocycles. The van der Waals surface area contributed by atoms with Gasteiger partial charge in [-0.2, -0.15) is 0 Å². The highest BCUT2D eigenvalue weighted by molar-refractivity contribution is 5.79. The van der Waals surface area contributed by atoms with Crippen molar-refractivity contribution < 1.29 is 9.53 Å². The van der Waals surface area contributed by atoms with Crippen LogP contribution >= 0.6 is 0 Å². The largest absolute Gasteiger partial charge is 0.493 e. The molecule has 0 aromatic heterocycles. The third kappa shape index (κ3) is 2.63. The molecule has 1 N–H and O–H groups in total. The summed E-state index contributed by atoms with van der Waals surface area (Å²) in [4.78, 5) is 14.8. The third-order valence-corrected chi connectivity index (χ3v) is 6.09. The maximum atomic E-state index is 12.2. The molecular weight excluding hydrogens is 288 g/mol. The average molecular weight is 314 g/mol. The number of carbonyl (C=O) groups excluding carboxylic acids is 1. The van der Waals surface area contributed by atoms with Gasteiger partial charge in [-0.15, -0.1) is 0 Å². The fourth-order valence-corrected chi connectivity index (χ4v) is 4.93. The Hall–Kier alpha value is -1.55. The van der Waals surface area contributed by atoms with Gasteiger partial charge < -0.3 is 10.1 Å². The van der Waals surface area contributed by atoms with Gasteiger partial charge in [0.05, 0.1) is 6.61 Å². The van der Waals surface area contributed by atoms with Gasteiger partial charge in [0.2, 0.25) is 5.91 Å². The van der Waals surface area contributed by atoms with E-state index in [0.29, 0.717) is 0 Å². The Balaban J connectivity index is 1.45. The van der Waals surface area contributed by atoms with Gasteiger partial charge in [-0.1, -0.05) is 18.6 Å². The molecule has 1 aromatic rings. The molecule has 0 bridgehead atoms. The van der Waals surface area contributed by atoms with Crippen LogP contribution in [0.1, 0.15) is 36.8 Å². The summed E-state index contributed by atoms with van der Waals surface area (Å²) in [7, 11) is 1.77. The smallest absolute Gasteiger partial charge is 0.223 e. The Kier molecular flexibility index (Phi) is 3.80. The van der Waals surface area contributed by atoms with Crippen molar-refractivity contribution in [2.75, 3.05) is 26.7 Å². The van der Waals surface area contributed by atoms with Crippen molar-refractivity contribution >= 4 is 5.91 Å². The summed E-state index contributed by atoms with van der Waals surface area (Å²) in [5.41, 5.74) is 2.95.